The predicted octanol–water partition coefficient (Wildman–Crippen LogP) is 4.90. The number of benzene rings is 1. The quantitative estimate of drug-likeness (QED) is 0.682. The van der Waals surface area contributed by atoms with Gasteiger partial charge < -0.3 is 10.1 Å². The molecule has 0 saturated carbocycles. The molecular weight excluding hydrogens is 340 g/mol. The van der Waals surface area contributed by atoms with Crippen molar-refractivity contribution >= 4 is 33.7 Å². The van der Waals surface area contributed by atoms with Crippen LogP contribution in [0, 0.1) is 13.8 Å². The van der Waals surface area contributed by atoms with E-state index in [4.69, 9.17) is 4.74 Å². The minimum absolute atomic E-state index is 0.0904. The Bertz CT molecular complexity index is 825. The molecule has 0 atom stereocenters. The molecule has 0 saturated heterocycles. The van der Waals surface area contributed by atoms with Gasteiger partial charge in [0.2, 0.25) is 5.91 Å². The first-order chi connectivity index (χ1) is 11.6. The van der Waals surface area contributed by atoms with Gasteiger partial charge in [0.15, 0.2) is 5.13 Å². The van der Waals surface area contributed by atoms with Crippen LogP contribution in [0.15, 0.2) is 41.1 Å². The lowest BCUT2D eigenvalue weighted by molar-refractivity contribution is -0.116. The van der Waals surface area contributed by atoms with E-state index >= 15 is 0 Å². The fourth-order valence-corrected chi connectivity index (χ4v) is 3.65. The van der Waals surface area contributed by atoms with Crippen molar-refractivity contribution in [2.45, 2.75) is 20.3 Å². The monoisotopic (exact) mass is 358 g/mol. The molecule has 0 aliphatic heterocycles. The topological polar surface area (TPSA) is 51.2 Å². The molecule has 0 aliphatic rings. The van der Waals surface area contributed by atoms with E-state index in [9.17, 15) is 4.79 Å². The standard InChI is InChI=1S/C18H18N2O2S2/c1-12-5-6-13(2)15(10-12)22-8-7-17(21)20-18-19-14(11-24-18)16-4-3-9-23-16/h3-6,9-11H,7-8H2,1-2H3,(H,19,20,21). The number of thiophene rings is 1. The van der Waals surface area contributed by atoms with Crippen molar-refractivity contribution in [3.8, 4) is 16.3 Å². The predicted molar refractivity (Wildman–Crippen MR) is 100 cm³/mol. The first kappa shape index (κ1) is 16.7. The second-order valence-electron chi connectivity index (χ2n) is 5.43. The zero-order valence-corrected chi connectivity index (χ0v) is 15.2. The van der Waals surface area contributed by atoms with Gasteiger partial charge in [0.05, 0.1) is 23.6 Å². The molecule has 1 N–H and O–H groups in total. The van der Waals surface area contributed by atoms with E-state index in [1.54, 1.807) is 11.3 Å². The van der Waals surface area contributed by atoms with Crippen LogP contribution in [0.2, 0.25) is 0 Å². The third-order valence-electron chi connectivity index (χ3n) is 3.45. The van der Waals surface area contributed by atoms with Crippen molar-refractivity contribution in [3.63, 3.8) is 0 Å². The van der Waals surface area contributed by atoms with Crippen LogP contribution in [0.1, 0.15) is 17.5 Å². The first-order valence-corrected chi connectivity index (χ1v) is 9.37. The minimum Gasteiger partial charge on any atom is -0.493 e. The molecule has 0 bridgehead atoms. The van der Waals surface area contributed by atoms with Crippen molar-refractivity contribution in [2.75, 3.05) is 11.9 Å². The van der Waals surface area contributed by atoms with E-state index in [0.29, 0.717) is 18.2 Å². The molecule has 1 aromatic carbocycles. The Labute approximate surface area is 149 Å². The van der Waals surface area contributed by atoms with Gasteiger partial charge in [0.25, 0.3) is 0 Å². The van der Waals surface area contributed by atoms with E-state index in [1.807, 2.05) is 54.9 Å². The Balaban J connectivity index is 1.50. The summed E-state index contributed by atoms with van der Waals surface area (Å²) in [7, 11) is 0. The van der Waals surface area contributed by atoms with Gasteiger partial charge in [-0.15, -0.1) is 22.7 Å². The van der Waals surface area contributed by atoms with Gasteiger partial charge in [-0.05, 0) is 42.5 Å². The summed E-state index contributed by atoms with van der Waals surface area (Å²) >= 11 is 3.07. The molecule has 2 heterocycles. The van der Waals surface area contributed by atoms with Crippen molar-refractivity contribution in [1.82, 2.24) is 4.98 Å². The second kappa shape index (κ2) is 7.59. The summed E-state index contributed by atoms with van der Waals surface area (Å²) in [6.07, 6.45) is 0.293. The zero-order chi connectivity index (χ0) is 16.9. The van der Waals surface area contributed by atoms with Gasteiger partial charge in [-0.1, -0.05) is 18.2 Å². The lowest BCUT2D eigenvalue weighted by Crippen LogP contribution is -2.15. The Kier molecular flexibility index (Phi) is 5.27. The number of aromatic nitrogens is 1. The molecule has 0 spiro atoms. The SMILES string of the molecule is Cc1ccc(C)c(OCCC(=O)Nc2nc(-c3cccs3)cs2)c1. The molecular formula is C18H18N2O2S2. The summed E-state index contributed by atoms with van der Waals surface area (Å²) in [5, 5.41) is 7.41. The normalized spacial score (nSPS) is 10.6. The maximum Gasteiger partial charge on any atom is 0.229 e. The number of carbonyl (C=O) groups excluding carboxylic acids is 1. The van der Waals surface area contributed by atoms with E-state index in [-0.39, 0.29) is 5.91 Å². The van der Waals surface area contributed by atoms with Crippen LogP contribution < -0.4 is 10.1 Å². The van der Waals surface area contributed by atoms with Gasteiger partial charge in [-0.3, -0.25) is 4.79 Å². The number of ether oxygens (including phenoxy) is 1. The number of rotatable bonds is 6. The van der Waals surface area contributed by atoms with E-state index < -0.39 is 0 Å². The third-order valence-corrected chi connectivity index (χ3v) is 5.10. The van der Waals surface area contributed by atoms with Crippen molar-refractivity contribution < 1.29 is 9.53 Å². The molecule has 4 nitrogen and oxygen atoms in total. The highest BCUT2D eigenvalue weighted by molar-refractivity contribution is 7.16. The molecule has 0 fully saturated rings. The number of amides is 1. The molecule has 24 heavy (non-hydrogen) atoms. The van der Waals surface area contributed by atoms with E-state index in [1.165, 1.54) is 11.3 Å². The van der Waals surface area contributed by atoms with Crippen LogP contribution in [0.4, 0.5) is 5.13 Å². The first-order valence-electron chi connectivity index (χ1n) is 7.61. The number of thiazole rings is 1. The molecule has 0 unspecified atom stereocenters. The maximum atomic E-state index is 12.0. The number of hydrogen-bond donors (Lipinski definition) is 1. The van der Waals surface area contributed by atoms with E-state index in [2.05, 4.69) is 10.3 Å². The lowest BCUT2D eigenvalue weighted by Gasteiger charge is -2.09. The van der Waals surface area contributed by atoms with Crippen molar-refractivity contribution in [2.24, 2.45) is 0 Å². The molecule has 124 valence electrons. The number of nitrogens with zero attached hydrogens (tertiary/aromatic N) is 1. The summed E-state index contributed by atoms with van der Waals surface area (Å²) in [5.74, 6) is 0.740. The van der Waals surface area contributed by atoms with Gasteiger partial charge in [0.1, 0.15) is 5.75 Å². The summed E-state index contributed by atoms with van der Waals surface area (Å²) in [6, 6.07) is 10.1. The second-order valence-corrected chi connectivity index (χ2v) is 7.24. The molecule has 6 heteroatoms. The molecule has 0 radical (unpaired) electrons. The zero-order valence-electron chi connectivity index (χ0n) is 13.5. The summed E-state index contributed by atoms with van der Waals surface area (Å²) < 4.78 is 5.71. The molecule has 3 rings (SSSR count). The summed E-state index contributed by atoms with van der Waals surface area (Å²) in [5.41, 5.74) is 3.11. The average molecular weight is 358 g/mol. The Morgan fingerprint density at radius 1 is 1.25 bits per heavy atom. The fourth-order valence-electron chi connectivity index (χ4n) is 2.17. The smallest absolute Gasteiger partial charge is 0.229 e. The number of hydrogen-bond acceptors (Lipinski definition) is 5. The largest absolute Gasteiger partial charge is 0.493 e. The Morgan fingerprint density at radius 3 is 2.92 bits per heavy atom. The van der Waals surface area contributed by atoms with Crippen LogP contribution in [0.25, 0.3) is 10.6 Å². The summed E-state index contributed by atoms with van der Waals surface area (Å²) in [4.78, 5) is 17.6. The van der Waals surface area contributed by atoms with Crippen LogP contribution in [0.5, 0.6) is 5.75 Å². The highest BCUT2D eigenvalue weighted by Gasteiger charge is 2.09. The van der Waals surface area contributed by atoms with Gasteiger partial charge in [0, 0.05) is 5.38 Å². The third kappa shape index (κ3) is 4.21. The Hall–Kier alpha value is -2.18. The van der Waals surface area contributed by atoms with Gasteiger partial charge >= 0.3 is 0 Å². The van der Waals surface area contributed by atoms with Crippen molar-refractivity contribution in [1.29, 1.82) is 0 Å². The minimum atomic E-state index is -0.0904. The van der Waals surface area contributed by atoms with Gasteiger partial charge in [-0.2, -0.15) is 0 Å². The number of aryl methyl sites for hydroxylation is 2. The maximum absolute atomic E-state index is 12.0. The van der Waals surface area contributed by atoms with E-state index in [0.717, 1.165) is 27.4 Å². The van der Waals surface area contributed by atoms with Crippen LogP contribution in [0.3, 0.4) is 0 Å². The average Bonchev–Trinajstić information content (AvgIpc) is 3.21. The van der Waals surface area contributed by atoms with Crippen LogP contribution >= 0.6 is 22.7 Å². The van der Waals surface area contributed by atoms with Crippen LogP contribution in [-0.2, 0) is 4.79 Å². The van der Waals surface area contributed by atoms with Crippen molar-refractivity contribution in [3.05, 3.63) is 52.2 Å². The number of carbonyl (C=O) groups is 1. The van der Waals surface area contributed by atoms with Crippen LogP contribution in [-0.4, -0.2) is 17.5 Å². The number of nitrogens with one attached hydrogen (secondary N) is 1. The molecule has 0 aliphatic carbocycles. The highest BCUT2D eigenvalue weighted by Crippen LogP contribution is 2.28. The molecule has 1 amide bonds. The number of anilines is 1. The molecule has 3 aromatic rings. The fraction of sp³-hybridized carbons (Fsp3) is 0.222. The Morgan fingerprint density at radius 2 is 2.12 bits per heavy atom. The highest BCUT2D eigenvalue weighted by atomic mass is 32.1. The molecule has 2 aromatic heterocycles. The van der Waals surface area contributed by atoms with Gasteiger partial charge in [-0.25, -0.2) is 4.98 Å². The summed E-state index contributed by atoms with van der Waals surface area (Å²) in [6.45, 7) is 4.36. The lowest BCUT2D eigenvalue weighted by atomic mass is 10.1.